The molecule has 1 aromatic carbocycles. The number of methoxy groups -OCH3 is 2. The molecule has 2 atom stereocenters. The van der Waals surface area contributed by atoms with Gasteiger partial charge < -0.3 is 13.9 Å². The van der Waals surface area contributed by atoms with Gasteiger partial charge in [0, 0.05) is 18.3 Å². The summed E-state index contributed by atoms with van der Waals surface area (Å²) in [5.41, 5.74) is 1.39. The van der Waals surface area contributed by atoms with Gasteiger partial charge in [-0.25, -0.2) is 18.4 Å². The summed E-state index contributed by atoms with van der Waals surface area (Å²) in [5, 5.41) is 7.53. The van der Waals surface area contributed by atoms with Gasteiger partial charge in [-0.05, 0) is 50.1 Å². The normalized spacial score (nSPS) is 13.2. The highest BCUT2D eigenvalue weighted by Gasteiger charge is 2.32. The average molecular weight is 527 g/mol. The van der Waals surface area contributed by atoms with Crippen molar-refractivity contribution in [2.75, 3.05) is 18.9 Å². The van der Waals surface area contributed by atoms with Crippen molar-refractivity contribution < 1.29 is 22.3 Å². The van der Waals surface area contributed by atoms with Crippen LogP contribution in [0.3, 0.4) is 0 Å². The van der Waals surface area contributed by atoms with Gasteiger partial charge in [0.15, 0.2) is 5.76 Å². The van der Waals surface area contributed by atoms with Crippen LogP contribution in [0.4, 0.5) is 5.95 Å². The molecule has 3 aromatic heterocycles. The lowest BCUT2D eigenvalue weighted by molar-refractivity contribution is 0.391. The van der Waals surface area contributed by atoms with Crippen molar-refractivity contribution in [3.05, 3.63) is 59.9 Å². The van der Waals surface area contributed by atoms with Crippen LogP contribution in [0, 0.1) is 6.92 Å². The Balaban J connectivity index is 1.79. The van der Waals surface area contributed by atoms with Gasteiger partial charge in [-0.2, -0.15) is 0 Å². The first kappa shape index (κ1) is 26.1. The summed E-state index contributed by atoms with van der Waals surface area (Å²) in [5.74, 6) is 2.08. The highest BCUT2D eigenvalue weighted by molar-refractivity contribution is 7.93. The SMILES string of the molecule is CCc1cnc([C@@H](C)[C@H](C)S(=O)(=O)Nc2nnc(-c3ccc(C)o3)n2-c2c(OC)cccc2OC)nc1. The zero-order valence-corrected chi connectivity index (χ0v) is 22.4. The van der Waals surface area contributed by atoms with Gasteiger partial charge in [0.2, 0.25) is 21.8 Å². The number of hydrogen-bond acceptors (Lipinski definition) is 9. The summed E-state index contributed by atoms with van der Waals surface area (Å²) < 4.78 is 48.2. The third-order valence-electron chi connectivity index (χ3n) is 6.22. The van der Waals surface area contributed by atoms with E-state index in [1.807, 2.05) is 6.92 Å². The molecule has 37 heavy (non-hydrogen) atoms. The van der Waals surface area contributed by atoms with Gasteiger partial charge in [-0.15, -0.1) is 10.2 Å². The summed E-state index contributed by atoms with van der Waals surface area (Å²) in [7, 11) is -0.954. The van der Waals surface area contributed by atoms with E-state index in [-0.39, 0.29) is 11.8 Å². The Hall–Kier alpha value is -3.93. The first-order valence-electron chi connectivity index (χ1n) is 11.8. The molecule has 1 N–H and O–H groups in total. The smallest absolute Gasteiger partial charge is 0.243 e. The first-order chi connectivity index (χ1) is 17.7. The maximum atomic E-state index is 13.5. The number of rotatable bonds is 10. The average Bonchev–Trinajstić information content (AvgIpc) is 3.52. The van der Waals surface area contributed by atoms with Gasteiger partial charge in [0.25, 0.3) is 0 Å². The predicted molar refractivity (Wildman–Crippen MR) is 139 cm³/mol. The molecule has 0 spiro atoms. The minimum Gasteiger partial charge on any atom is -0.494 e. The van der Waals surface area contributed by atoms with E-state index in [0.717, 1.165) is 12.0 Å². The number of anilines is 1. The Morgan fingerprint density at radius 1 is 1.03 bits per heavy atom. The molecular weight excluding hydrogens is 496 g/mol. The molecule has 0 aliphatic heterocycles. The number of furan rings is 1. The monoisotopic (exact) mass is 526 g/mol. The van der Waals surface area contributed by atoms with Crippen molar-refractivity contribution in [2.24, 2.45) is 0 Å². The molecule has 12 heteroatoms. The summed E-state index contributed by atoms with van der Waals surface area (Å²) in [6.45, 7) is 7.18. The van der Waals surface area contributed by atoms with Crippen LogP contribution in [0.1, 0.15) is 43.8 Å². The lowest BCUT2D eigenvalue weighted by atomic mass is 10.1. The molecule has 0 aliphatic rings. The highest BCUT2D eigenvalue weighted by Crippen LogP contribution is 2.38. The number of sulfonamides is 1. The fourth-order valence-corrected chi connectivity index (χ4v) is 5.04. The molecule has 0 amide bonds. The van der Waals surface area contributed by atoms with Crippen LogP contribution < -0.4 is 14.2 Å². The maximum Gasteiger partial charge on any atom is 0.243 e. The molecule has 0 fully saturated rings. The van der Waals surface area contributed by atoms with E-state index < -0.39 is 21.2 Å². The molecule has 4 aromatic rings. The van der Waals surface area contributed by atoms with Gasteiger partial charge >= 0.3 is 0 Å². The van der Waals surface area contributed by atoms with Crippen LogP contribution in [0.5, 0.6) is 11.5 Å². The van der Waals surface area contributed by atoms with Gasteiger partial charge in [-0.1, -0.05) is 19.9 Å². The lowest BCUT2D eigenvalue weighted by Crippen LogP contribution is -2.31. The van der Waals surface area contributed by atoms with E-state index in [9.17, 15) is 8.42 Å². The number of aryl methyl sites for hydroxylation is 2. The quantitative estimate of drug-likeness (QED) is 0.323. The number of ether oxygens (including phenoxy) is 2. The van der Waals surface area contributed by atoms with E-state index in [4.69, 9.17) is 13.9 Å². The van der Waals surface area contributed by atoms with Crippen LogP contribution in [-0.4, -0.2) is 52.6 Å². The van der Waals surface area contributed by atoms with Crippen molar-refractivity contribution in [1.82, 2.24) is 24.7 Å². The lowest BCUT2D eigenvalue weighted by Gasteiger charge is -2.21. The van der Waals surface area contributed by atoms with Crippen molar-refractivity contribution in [1.29, 1.82) is 0 Å². The molecule has 0 bridgehead atoms. The number of hydrogen-bond donors (Lipinski definition) is 1. The fraction of sp³-hybridized carbons (Fsp3) is 0.360. The maximum absolute atomic E-state index is 13.5. The molecule has 0 radical (unpaired) electrons. The summed E-state index contributed by atoms with van der Waals surface area (Å²) >= 11 is 0. The molecule has 3 heterocycles. The van der Waals surface area contributed by atoms with E-state index in [1.165, 1.54) is 18.8 Å². The van der Waals surface area contributed by atoms with E-state index in [1.54, 1.807) is 63.5 Å². The number of aromatic nitrogens is 5. The zero-order valence-electron chi connectivity index (χ0n) is 21.6. The Morgan fingerprint density at radius 2 is 1.68 bits per heavy atom. The summed E-state index contributed by atoms with van der Waals surface area (Å²) in [4.78, 5) is 8.73. The van der Waals surface area contributed by atoms with Crippen molar-refractivity contribution in [2.45, 2.75) is 45.3 Å². The van der Waals surface area contributed by atoms with Crippen LogP contribution in [-0.2, 0) is 16.4 Å². The van der Waals surface area contributed by atoms with Crippen molar-refractivity contribution in [3.63, 3.8) is 0 Å². The molecule has 4 rings (SSSR count). The molecule has 0 saturated heterocycles. The number of nitrogens with zero attached hydrogens (tertiary/aromatic N) is 5. The van der Waals surface area contributed by atoms with Crippen LogP contribution in [0.15, 0.2) is 47.1 Å². The number of benzene rings is 1. The van der Waals surface area contributed by atoms with Crippen LogP contribution in [0.25, 0.3) is 17.3 Å². The molecule has 0 unspecified atom stereocenters. The number of para-hydroxylation sites is 1. The fourth-order valence-electron chi connectivity index (χ4n) is 3.81. The van der Waals surface area contributed by atoms with Gasteiger partial charge in [-0.3, -0.25) is 9.29 Å². The van der Waals surface area contributed by atoms with Crippen molar-refractivity contribution in [3.8, 4) is 28.8 Å². The van der Waals surface area contributed by atoms with Gasteiger partial charge in [0.05, 0.1) is 19.5 Å². The Kier molecular flexibility index (Phi) is 7.48. The minimum absolute atomic E-state index is 0.0480. The van der Waals surface area contributed by atoms with E-state index in [0.29, 0.717) is 34.5 Å². The molecular formula is C25H30N6O5S. The third kappa shape index (κ3) is 5.15. The minimum atomic E-state index is -3.98. The first-order valence-corrected chi connectivity index (χ1v) is 13.3. The third-order valence-corrected chi connectivity index (χ3v) is 8.07. The highest BCUT2D eigenvalue weighted by atomic mass is 32.2. The predicted octanol–water partition coefficient (Wildman–Crippen LogP) is 4.14. The topological polar surface area (TPSA) is 134 Å². The van der Waals surface area contributed by atoms with Crippen LogP contribution >= 0.6 is 0 Å². The largest absolute Gasteiger partial charge is 0.494 e. The van der Waals surface area contributed by atoms with Crippen molar-refractivity contribution >= 4 is 16.0 Å². The molecule has 196 valence electrons. The number of nitrogens with one attached hydrogen (secondary N) is 1. The molecule has 0 aliphatic carbocycles. The van der Waals surface area contributed by atoms with Gasteiger partial charge in [0.1, 0.15) is 28.8 Å². The Bertz CT molecular complexity index is 1460. The standard InChI is InChI=1S/C25H30N6O5S/c1-7-18-13-26-23(27-14-18)16(3)17(4)37(32,33)30-25-29-28-24(21-12-11-15(2)36-21)31(25)22-19(34-5)9-8-10-20(22)35-6/h8-14,16-17H,7H2,1-6H3,(H,29,30)/t16-,17-/m0/s1. The Morgan fingerprint density at radius 3 is 2.22 bits per heavy atom. The summed E-state index contributed by atoms with van der Waals surface area (Å²) in [6.07, 6.45) is 4.23. The van der Waals surface area contributed by atoms with E-state index >= 15 is 0 Å². The van der Waals surface area contributed by atoms with E-state index in [2.05, 4.69) is 24.9 Å². The van der Waals surface area contributed by atoms with Crippen LogP contribution in [0.2, 0.25) is 0 Å². The Labute approximate surface area is 215 Å². The summed E-state index contributed by atoms with van der Waals surface area (Å²) in [6, 6.07) is 8.74. The zero-order chi connectivity index (χ0) is 26.7. The second-order valence-corrected chi connectivity index (χ2v) is 10.6. The second kappa shape index (κ2) is 10.6. The molecule has 0 saturated carbocycles. The second-order valence-electron chi connectivity index (χ2n) is 8.55. The molecule has 11 nitrogen and oxygen atoms in total.